The molecule has 0 aliphatic carbocycles. The van der Waals surface area contributed by atoms with E-state index in [4.69, 9.17) is 9.47 Å². The molecule has 7 heteroatoms. The maximum atomic E-state index is 12.3. The second-order valence-electron chi connectivity index (χ2n) is 6.58. The summed E-state index contributed by atoms with van der Waals surface area (Å²) in [5.74, 6) is 1.46. The van der Waals surface area contributed by atoms with Gasteiger partial charge in [-0.2, -0.15) is 0 Å². The van der Waals surface area contributed by atoms with E-state index in [0.717, 1.165) is 44.2 Å². The molecule has 158 valence electrons. The summed E-state index contributed by atoms with van der Waals surface area (Å²) in [7, 11) is 0. The smallest absolute Gasteiger partial charge is 0.226 e. The third-order valence-electron chi connectivity index (χ3n) is 4.31. The average molecular weight is 489 g/mol. The normalized spacial score (nSPS) is 10.6. The van der Waals surface area contributed by atoms with E-state index >= 15 is 0 Å². The monoisotopic (exact) mass is 488 g/mol. The lowest BCUT2D eigenvalue weighted by Crippen LogP contribution is -2.27. The Balaban J connectivity index is 1.51. The standard InChI is InChI=1S/C23H25BrN2O3S/c1-3-28-20-9-8-16(12-21(20)29-4-2)10-11-25-22(27)14-19-15-30-23(26-19)17-6-5-7-18(24)13-17/h5-9,12-13,15H,3-4,10-11,14H2,1-2H3,(H,25,27). The van der Waals surface area contributed by atoms with Crippen molar-refractivity contribution in [3.63, 3.8) is 0 Å². The minimum absolute atomic E-state index is 0.0305. The van der Waals surface area contributed by atoms with Gasteiger partial charge in [-0.3, -0.25) is 4.79 Å². The number of halogens is 1. The van der Waals surface area contributed by atoms with Crippen molar-refractivity contribution in [2.24, 2.45) is 0 Å². The van der Waals surface area contributed by atoms with Crippen molar-refractivity contribution >= 4 is 33.2 Å². The van der Waals surface area contributed by atoms with Crippen molar-refractivity contribution in [3.05, 3.63) is 63.6 Å². The topological polar surface area (TPSA) is 60.5 Å². The Morgan fingerprint density at radius 1 is 1.10 bits per heavy atom. The number of thiazole rings is 1. The summed E-state index contributed by atoms with van der Waals surface area (Å²) < 4.78 is 12.3. The summed E-state index contributed by atoms with van der Waals surface area (Å²) in [6.45, 7) is 5.62. The third-order valence-corrected chi connectivity index (χ3v) is 5.74. The second kappa shape index (κ2) is 11.1. The maximum absolute atomic E-state index is 12.3. The molecule has 2 aromatic carbocycles. The van der Waals surface area contributed by atoms with E-state index in [9.17, 15) is 4.79 Å². The highest BCUT2D eigenvalue weighted by atomic mass is 79.9. The molecule has 0 saturated heterocycles. The van der Waals surface area contributed by atoms with Crippen LogP contribution in [0.4, 0.5) is 0 Å². The Morgan fingerprint density at radius 3 is 2.67 bits per heavy atom. The summed E-state index contributed by atoms with van der Waals surface area (Å²) >= 11 is 5.02. The lowest BCUT2D eigenvalue weighted by molar-refractivity contribution is -0.120. The van der Waals surface area contributed by atoms with Crippen LogP contribution in [0.2, 0.25) is 0 Å². The minimum Gasteiger partial charge on any atom is -0.490 e. The zero-order valence-corrected chi connectivity index (χ0v) is 19.5. The molecule has 0 aliphatic heterocycles. The number of carbonyl (C=O) groups excluding carboxylic acids is 1. The van der Waals surface area contributed by atoms with Crippen LogP contribution in [0.1, 0.15) is 25.1 Å². The van der Waals surface area contributed by atoms with Crippen molar-refractivity contribution in [2.75, 3.05) is 19.8 Å². The molecule has 0 aliphatic rings. The van der Waals surface area contributed by atoms with Gasteiger partial charge in [0.1, 0.15) is 5.01 Å². The molecule has 0 saturated carbocycles. The van der Waals surface area contributed by atoms with E-state index in [1.807, 2.05) is 61.7 Å². The Morgan fingerprint density at radius 2 is 1.90 bits per heavy atom. The molecule has 0 unspecified atom stereocenters. The van der Waals surface area contributed by atoms with E-state index in [1.165, 1.54) is 0 Å². The van der Waals surface area contributed by atoms with Crippen LogP contribution in [0, 0.1) is 0 Å². The molecule has 1 N–H and O–H groups in total. The van der Waals surface area contributed by atoms with Gasteiger partial charge in [0.2, 0.25) is 5.91 Å². The SMILES string of the molecule is CCOc1ccc(CCNC(=O)Cc2csc(-c3cccc(Br)c3)n2)cc1OCC. The fourth-order valence-corrected chi connectivity index (χ4v) is 4.18. The number of rotatable bonds is 10. The fraction of sp³-hybridized carbons (Fsp3) is 0.304. The van der Waals surface area contributed by atoms with Gasteiger partial charge in [-0.1, -0.05) is 34.1 Å². The summed E-state index contributed by atoms with van der Waals surface area (Å²) in [5.41, 5.74) is 2.92. The first-order valence-corrected chi connectivity index (χ1v) is 11.6. The minimum atomic E-state index is -0.0305. The zero-order chi connectivity index (χ0) is 21.3. The summed E-state index contributed by atoms with van der Waals surface area (Å²) in [4.78, 5) is 16.9. The van der Waals surface area contributed by atoms with Gasteiger partial charge in [0.05, 0.1) is 25.3 Å². The number of hydrogen-bond donors (Lipinski definition) is 1. The molecule has 0 fully saturated rings. The summed E-state index contributed by atoms with van der Waals surface area (Å²) in [6, 6.07) is 13.9. The van der Waals surface area contributed by atoms with Crippen LogP contribution >= 0.6 is 27.3 Å². The number of carbonyl (C=O) groups is 1. The number of aromatic nitrogens is 1. The molecule has 0 bridgehead atoms. The highest BCUT2D eigenvalue weighted by Gasteiger charge is 2.10. The van der Waals surface area contributed by atoms with Crippen molar-refractivity contribution in [2.45, 2.75) is 26.7 Å². The first kappa shape index (κ1) is 22.3. The van der Waals surface area contributed by atoms with Gasteiger partial charge in [0.15, 0.2) is 11.5 Å². The lowest BCUT2D eigenvalue weighted by atomic mass is 10.1. The summed E-state index contributed by atoms with van der Waals surface area (Å²) in [5, 5.41) is 5.83. The van der Waals surface area contributed by atoms with Gasteiger partial charge in [-0.15, -0.1) is 11.3 Å². The zero-order valence-electron chi connectivity index (χ0n) is 17.1. The van der Waals surface area contributed by atoms with Crippen molar-refractivity contribution in [1.29, 1.82) is 0 Å². The number of hydrogen-bond acceptors (Lipinski definition) is 5. The van der Waals surface area contributed by atoms with Crippen LogP contribution in [-0.4, -0.2) is 30.6 Å². The molecule has 5 nitrogen and oxygen atoms in total. The molecule has 3 rings (SSSR count). The predicted octanol–water partition coefficient (Wildman–Crippen LogP) is 5.27. The van der Waals surface area contributed by atoms with Gasteiger partial charge < -0.3 is 14.8 Å². The van der Waals surface area contributed by atoms with Gasteiger partial charge >= 0.3 is 0 Å². The molecule has 30 heavy (non-hydrogen) atoms. The van der Waals surface area contributed by atoms with E-state index in [2.05, 4.69) is 26.2 Å². The van der Waals surface area contributed by atoms with E-state index < -0.39 is 0 Å². The number of ether oxygens (including phenoxy) is 2. The van der Waals surface area contributed by atoms with Crippen LogP contribution < -0.4 is 14.8 Å². The van der Waals surface area contributed by atoms with Crippen LogP contribution in [-0.2, 0) is 17.6 Å². The molecule has 1 heterocycles. The molecule has 0 spiro atoms. The molecule has 0 radical (unpaired) electrons. The maximum Gasteiger partial charge on any atom is 0.226 e. The molecular formula is C23H25BrN2O3S. The summed E-state index contributed by atoms with van der Waals surface area (Å²) in [6.07, 6.45) is 0.997. The number of benzene rings is 2. The molecule has 1 amide bonds. The predicted molar refractivity (Wildman–Crippen MR) is 124 cm³/mol. The van der Waals surface area contributed by atoms with Crippen LogP contribution in [0.25, 0.3) is 10.6 Å². The average Bonchev–Trinajstić information content (AvgIpc) is 3.18. The quantitative estimate of drug-likeness (QED) is 0.422. The van der Waals surface area contributed by atoms with Crippen LogP contribution in [0.5, 0.6) is 11.5 Å². The van der Waals surface area contributed by atoms with E-state index in [1.54, 1.807) is 11.3 Å². The highest BCUT2D eigenvalue weighted by Crippen LogP contribution is 2.29. The molecule has 3 aromatic rings. The highest BCUT2D eigenvalue weighted by molar-refractivity contribution is 9.10. The molecule has 1 aromatic heterocycles. The lowest BCUT2D eigenvalue weighted by Gasteiger charge is -2.12. The number of amides is 1. The third kappa shape index (κ3) is 6.31. The van der Waals surface area contributed by atoms with Gasteiger partial charge in [0, 0.05) is 22.0 Å². The Labute approximate surface area is 189 Å². The fourth-order valence-electron chi connectivity index (χ4n) is 2.97. The Kier molecular flexibility index (Phi) is 8.28. The number of nitrogens with one attached hydrogen (secondary N) is 1. The van der Waals surface area contributed by atoms with Gasteiger partial charge in [0.25, 0.3) is 0 Å². The van der Waals surface area contributed by atoms with Crippen LogP contribution in [0.3, 0.4) is 0 Å². The molecular weight excluding hydrogens is 464 g/mol. The molecule has 0 atom stereocenters. The van der Waals surface area contributed by atoms with E-state index in [0.29, 0.717) is 19.8 Å². The van der Waals surface area contributed by atoms with Gasteiger partial charge in [-0.05, 0) is 50.1 Å². The Hall–Kier alpha value is -2.38. The van der Waals surface area contributed by atoms with Crippen LogP contribution in [0.15, 0.2) is 52.3 Å². The number of nitrogens with zero attached hydrogens (tertiary/aromatic N) is 1. The first-order chi connectivity index (χ1) is 14.6. The van der Waals surface area contributed by atoms with Crippen molar-refractivity contribution in [3.8, 4) is 22.1 Å². The first-order valence-electron chi connectivity index (χ1n) is 9.94. The Bertz CT molecular complexity index is 990. The van der Waals surface area contributed by atoms with Crippen molar-refractivity contribution in [1.82, 2.24) is 10.3 Å². The van der Waals surface area contributed by atoms with E-state index in [-0.39, 0.29) is 12.3 Å². The largest absolute Gasteiger partial charge is 0.490 e. The second-order valence-corrected chi connectivity index (χ2v) is 8.35. The van der Waals surface area contributed by atoms with Gasteiger partial charge in [-0.25, -0.2) is 4.98 Å². The van der Waals surface area contributed by atoms with Crippen molar-refractivity contribution < 1.29 is 14.3 Å².